The quantitative estimate of drug-likeness (QED) is 0.163. The highest BCUT2D eigenvalue weighted by atomic mass is 32.1. The zero-order valence-corrected chi connectivity index (χ0v) is 29.6. The van der Waals surface area contributed by atoms with Gasteiger partial charge in [0.05, 0.1) is 16.7 Å². The van der Waals surface area contributed by atoms with E-state index in [4.69, 9.17) is 0 Å². The van der Waals surface area contributed by atoms with Crippen LogP contribution in [-0.4, -0.2) is 4.57 Å². The Morgan fingerprint density at radius 1 is 0.358 bits per heavy atom. The summed E-state index contributed by atoms with van der Waals surface area (Å²) in [5, 5.41) is 10.1. The zero-order valence-electron chi connectivity index (χ0n) is 28.8. The fraction of sp³-hybridized carbons (Fsp3) is 0. The summed E-state index contributed by atoms with van der Waals surface area (Å²) < 4.78 is 5.01. The van der Waals surface area contributed by atoms with Gasteiger partial charge in [0.2, 0.25) is 0 Å². The molecule has 2 heterocycles. The molecule has 11 aromatic rings. The number of nitrogens with zero attached hydrogens (tertiary/aromatic N) is 2. The van der Waals surface area contributed by atoms with Crippen molar-refractivity contribution in [2.24, 2.45) is 0 Å². The van der Waals surface area contributed by atoms with Gasteiger partial charge in [0.25, 0.3) is 0 Å². The van der Waals surface area contributed by atoms with Crippen LogP contribution in [0, 0.1) is 0 Å². The zero-order chi connectivity index (χ0) is 34.9. The van der Waals surface area contributed by atoms with E-state index in [0.29, 0.717) is 0 Å². The summed E-state index contributed by atoms with van der Waals surface area (Å²) in [7, 11) is 0. The van der Waals surface area contributed by atoms with Crippen LogP contribution in [0.1, 0.15) is 0 Å². The normalized spacial score (nSPS) is 11.8. The van der Waals surface area contributed by atoms with Crippen molar-refractivity contribution >= 4 is 91.9 Å². The second kappa shape index (κ2) is 11.9. The Balaban J connectivity index is 1.10. The molecular weight excluding hydrogens is 661 g/mol. The number of rotatable bonds is 5. The van der Waals surface area contributed by atoms with E-state index in [1.54, 1.807) is 0 Å². The Morgan fingerprint density at radius 3 is 1.83 bits per heavy atom. The number of benzene rings is 9. The van der Waals surface area contributed by atoms with Crippen LogP contribution in [0.25, 0.3) is 80.3 Å². The highest BCUT2D eigenvalue weighted by Crippen LogP contribution is 2.45. The van der Waals surface area contributed by atoms with Crippen LogP contribution in [-0.2, 0) is 0 Å². The van der Waals surface area contributed by atoms with Crippen molar-refractivity contribution in [2.45, 2.75) is 0 Å². The molecule has 0 aliphatic heterocycles. The summed E-state index contributed by atoms with van der Waals surface area (Å²) in [4.78, 5) is 2.45. The molecule has 11 rings (SSSR count). The van der Waals surface area contributed by atoms with E-state index in [-0.39, 0.29) is 0 Å². The topological polar surface area (TPSA) is 8.17 Å². The maximum Gasteiger partial charge on any atom is 0.0547 e. The van der Waals surface area contributed by atoms with Gasteiger partial charge in [-0.1, -0.05) is 127 Å². The summed E-state index contributed by atoms with van der Waals surface area (Å²) in [6.45, 7) is 0. The lowest BCUT2D eigenvalue weighted by molar-refractivity contribution is 1.18. The molecular formula is C50H32N2S. The van der Waals surface area contributed by atoms with E-state index in [1.165, 1.54) is 86.0 Å². The van der Waals surface area contributed by atoms with Gasteiger partial charge in [-0.05, 0) is 94.0 Å². The molecule has 53 heavy (non-hydrogen) atoms. The van der Waals surface area contributed by atoms with Crippen molar-refractivity contribution in [1.29, 1.82) is 0 Å². The molecule has 0 atom stereocenters. The third-order valence-electron chi connectivity index (χ3n) is 10.8. The molecule has 2 nitrogen and oxygen atoms in total. The first-order valence-electron chi connectivity index (χ1n) is 18.1. The van der Waals surface area contributed by atoms with Crippen molar-refractivity contribution in [3.8, 4) is 16.8 Å². The first kappa shape index (κ1) is 30.0. The molecule has 0 bridgehead atoms. The molecule has 0 fully saturated rings. The van der Waals surface area contributed by atoms with Gasteiger partial charge in [-0.25, -0.2) is 0 Å². The van der Waals surface area contributed by atoms with E-state index in [2.05, 4.69) is 204 Å². The Bertz CT molecular complexity index is 3170. The van der Waals surface area contributed by atoms with Crippen LogP contribution in [0.5, 0.6) is 0 Å². The largest absolute Gasteiger partial charge is 0.310 e. The molecule has 0 unspecified atom stereocenters. The van der Waals surface area contributed by atoms with Crippen LogP contribution in [0.2, 0.25) is 0 Å². The fourth-order valence-corrected chi connectivity index (χ4v) is 9.39. The van der Waals surface area contributed by atoms with Crippen LogP contribution >= 0.6 is 11.3 Å². The molecule has 0 saturated heterocycles. The second-order valence-corrected chi connectivity index (χ2v) is 14.8. The maximum absolute atomic E-state index is 2.45. The third-order valence-corrected chi connectivity index (χ3v) is 11.9. The van der Waals surface area contributed by atoms with E-state index >= 15 is 0 Å². The Morgan fingerprint density at radius 2 is 0.981 bits per heavy atom. The molecule has 9 aromatic carbocycles. The molecule has 0 N–H and O–H groups in total. The molecule has 248 valence electrons. The lowest BCUT2D eigenvalue weighted by Gasteiger charge is -2.28. The molecule has 2 aromatic heterocycles. The molecule has 0 spiro atoms. The standard InChI is InChI=1S/C50H32N2S/c1-2-13-36(14-3-1)52-46-20-10-8-18-42(46)43-28-24-34(30-48(43)52)33-22-25-37(26-23-33)51(38-27-29-50-45(32-38)44-19-9-11-21-49(44)53-50)47-31-35-12-4-5-15-39(35)40-16-6-7-17-41(40)47/h1-32H. The Kier molecular flexibility index (Phi) is 6.76. The number of hydrogen-bond acceptors (Lipinski definition) is 2. The van der Waals surface area contributed by atoms with Gasteiger partial charge in [0.15, 0.2) is 0 Å². The summed E-state index contributed by atoms with van der Waals surface area (Å²) in [6, 6.07) is 71.0. The number of fused-ring (bicyclic) bond motifs is 9. The van der Waals surface area contributed by atoms with Crippen molar-refractivity contribution in [3.05, 3.63) is 194 Å². The SMILES string of the molecule is c1ccc(-n2c3ccccc3c3ccc(-c4ccc(N(c5ccc6sc7ccccc7c6c5)c5cc6ccccc6c6ccccc56)cc4)cc32)cc1. The first-order valence-corrected chi connectivity index (χ1v) is 18.9. The van der Waals surface area contributed by atoms with E-state index in [1.807, 2.05) is 11.3 Å². The van der Waals surface area contributed by atoms with Gasteiger partial charge in [-0.2, -0.15) is 0 Å². The Hall–Kier alpha value is -6.68. The average molecular weight is 693 g/mol. The summed E-state index contributed by atoms with van der Waals surface area (Å²) >= 11 is 1.86. The molecule has 0 aliphatic carbocycles. The smallest absolute Gasteiger partial charge is 0.0547 e. The highest BCUT2D eigenvalue weighted by molar-refractivity contribution is 7.25. The molecule has 0 radical (unpaired) electrons. The van der Waals surface area contributed by atoms with Gasteiger partial charge in [-0.15, -0.1) is 11.3 Å². The average Bonchev–Trinajstić information content (AvgIpc) is 3.77. The summed E-state index contributed by atoms with van der Waals surface area (Å²) in [5.41, 5.74) is 9.39. The van der Waals surface area contributed by atoms with Crippen molar-refractivity contribution in [1.82, 2.24) is 4.57 Å². The summed E-state index contributed by atoms with van der Waals surface area (Å²) in [5.74, 6) is 0. The molecule has 0 amide bonds. The van der Waals surface area contributed by atoms with Gasteiger partial charge in [0, 0.05) is 53.4 Å². The fourth-order valence-electron chi connectivity index (χ4n) is 8.31. The second-order valence-electron chi connectivity index (χ2n) is 13.7. The predicted octanol–water partition coefficient (Wildman–Crippen LogP) is 14.6. The van der Waals surface area contributed by atoms with Gasteiger partial charge >= 0.3 is 0 Å². The molecule has 0 saturated carbocycles. The first-order chi connectivity index (χ1) is 26.3. The lowest BCUT2D eigenvalue weighted by Crippen LogP contribution is -2.10. The minimum Gasteiger partial charge on any atom is -0.310 e. The lowest BCUT2D eigenvalue weighted by atomic mass is 9.98. The van der Waals surface area contributed by atoms with Crippen LogP contribution in [0.4, 0.5) is 17.1 Å². The number of aromatic nitrogens is 1. The third kappa shape index (κ3) is 4.78. The predicted molar refractivity (Wildman–Crippen MR) is 229 cm³/mol. The monoisotopic (exact) mass is 692 g/mol. The molecule has 0 aliphatic rings. The minimum atomic E-state index is 1.12. The van der Waals surface area contributed by atoms with E-state index < -0.39 is 0 Å². The van der Waals surface area contributed by atoms with Gasteiger partial charge in [-0.3, -0.25) is 0 Å². The van der Waals surface area contributed by atoms with Crippen molar-refractivity contribution in [2.75, 3.05) is 4.90 Å². The van der Waals surface area contributed by atoms with Crippen LogP contribution < -0.4 is 4.90 Å². The number of thiophene rings is 1. The van der Waals surface area contributed by atoms with E-state index in [9.17, 15) is 0 Å². The van der Waals surface area contributed by atoms with Crippen molar-refractivity contribution < 1.29 is 0 Å². The Labute approximate surface area is 311 Å². The minimum absolute atomic E-state index is 1.12. The summed E-state index contributed by atoms with van der Waals surface area (Å²) in [6.07, 6.45) is 0. The number of para-hydroxylation sites is 2. The van der Waals surface area contributed by atoms with E-state index in [0.717, 1.165) is 11.4 Å². The van der Waals surface area contributed by atoms with Crippen molar-refractivity contribution in [3.63, 3.8) is 0 Å². The van der Waals surface area contributed by atoms with Gasteiger partial charge in [0.1, 0.15) is 0 Å². The maximum atomic E-state index is 2.45. The molecule has 3 heteroatoms. The number of hydrogen-bond donors (Lipinski definition) is 0. The van der Waals surface area contributed by atoms with Crippen LogP contribution in [0.15, 0.2) is 194 Å². The number of anilines is 3. The van der Waals surface area contributed by atoms with Crippen LogP contribution in [0.3, 0.4) is 0 Å². The highest BCUT2D eigenvalue weighted by Gasteiger charge is 2.19. The van der Waals surface area contributed by atoms with Gasteiger partial charge < -0.3 is 9.47 Å².